The Kier molecular flexibility index (Phi) is 3.60. The fraction of sp³-hybridized carbons (Fsp3) is 0.467. The summed E-state index contributed by atoms with van der Waals surface area (Å²) in [6.07, 6.45) is 5.64. The van der Waals surface area contributed by atoms with Crippen LogP contribution in [0.3, 0.4) is 0 Å². The summed E-state index contributed by atoms with van der Waals surface area (Å²) < 4.78 is 0. The van der Waals surface area contributed by atoms with E-state index in [4.69, 9.17) is 0 Å². The van der Waals surface area contributed by atoms with Crippen LogP contribution in [-0.4, -0.2) is 28.3 Å². The SMILES string of the molecule is Cc1cc(-c2cc(C[C@@H]3CCCNC3)ccn2)n[nH]1. The summed E-state index contributed by atoms with van der Waals surface area (Å²) in [7, 11) is 0. The molecule has 4 nitrogen and oxygen atoms in total. The highest BCUT2D eigenvalue weighted by atomic mass is 15.1. The van der Waals surface area contributed by atoms with Crippen molar-refractivity contribution in [3.05, 3.63) is 35.7 Å². The fourth-order valence-corrected chi connectivity index (χ4v) is 2.72. The molecule has 2 aromatic heterocycles. The molecule has 1 fully saturated rings. The highest BCUT2D eigenvalue weighted by Gasteiger charge is 2.14. The molecule has 0 unspecified atom stereocenters. The Morgan fingerprint density at radius 3 is 3.00 bits per heavy atom. The Morgan fingerprint density at radius 1 is 1.32 bits per heavy atom. The number of rotatable bonds is 3. The minimum atomic E-state index is 0.755. The van der Waals surface area contributed by atoms with Gasteiger partial charge in [0.25, 0.3) is 0 Å². The van der Waals surface area contributed by atoms with Crippen molar-refractivity contribution in [2.75, 3.05) is 13.1 Å². The van der Waals surface area contributed by atoms with E-state index in [2.05, 4.69) is 32.6 Å². The van der Waals surface area contributed by atoms with Crippen LogP contribution < -0.4 is 5.32 Å². The van der Waals surface area contributed by atoms with Crippen molar-refractivity contribution >= 4 is 0 Å². The van der Waals surface area contributed by atoms with Crippen molar-refractivity contribution < 1.29 is 0 Å². The number of aromatic amines is 1. The van der Waals surface area contributed by atoms with Gasteiger partial charge in [0, 0.05) is 11.9 Å². The summed E-state index contributed by atoms with van der Waals surface area (Å²) in [5.41, 5.74) is 4.32. The van der Waals surface area contributed by atoms with Gasteiger partial charge in [0.2, 0.25) is 0 Å². The van der Waals surface area contributed by atoms with Gasteiger partial charge in [-0.2, -0.15) is 5.10 Å². The zero-order chi connectivity index (χ0) is 13.1. The van der Waals surface area contributed by atoms with Gasteiger partial charge in [0.1, 0.15) is 5.69 Å². The van der Waals surface area contributed by atoms with Crippen LogP contribution in [0.25, 0.3) is 11.4 Å². The molecule has 2 N–H and O–H groups in total. The Labute approximate surface area is 113 Å². The average molecular weight is 256 g/mol. The van der Waals surface area contributed by atoms with E-state index in [0.717, 1.165) is 36.0 Å². The molecule has 1 aliphatic heterocycles. The Balaban J connectivity index is 1.75. The topological polar surface area (TPSA) is 53.6 Å². The van der Waals surface area contributed by atoms with E-state index in [0.29, 0.717) is 0 Å². The quantitative estimate of drug-likeness (QED) is 0.886. The van der Waals surface area contributed by atoms with Crippen molar-refractivity contribution in [2.45, 2.75) is 26.2 Å². The molecule has 4 heteroatoms. The van der Waals surface area contributed by atoms with Crippen LogP contribution in [0.2, 0.25) is 0 Å². The smallest absolute Gasteiger partial charge is 0.111 e. The molecule has 0 spiro atoms. The molecule has 100 valence electrons. The normalized spacial score (nSPS) is 19.5. The molecule has 0 amide bonds. The number of aryl methyl sites for hydroxylation is 1. The largest absolute Gasteiger partial charge is 0.316 e. The summed E-state index contributed by atoms with van der Waals surface area (Å²) in [6, 6.07) is 6.33. The first kappa shape index (κ1) is 12.4. The van der Waals surface area contributed by atoms with Gasteiger partial charge in [-0.1, -0.05) is 0 Å². The second kappa shape index (κ2) is 5.53. The van der Waals surface area contributed by atoms with Crippen molar-refractivity contribution in [1.29, 1.82) is 0 Å². The van der Waals surface area contributed by atoms with Gasteiger partial charge >= 0.3 is 0 Å². The standard InChI is InChI=1S/C15H20N4/c1-11-7-15(19-18-11)14-9-12(4-6-17-14)8-13-3-2-5-16-10-13/h4,6-7,9,13,16H,2-3,5,8,10H2,1H3,(H,18,19)/t13-/m0/s1. The van der Waals surface area contributed by atoms with E-state index < -0.39 is 0 Å². The van der Waals surface area contributed by atoms with E-state index in [1.165, 1.54) is 24.9 Å². The average Bonchev–Trinajstić information content (AvgIpc) is 2.87. The summed E-state index contributed by atoms with van der Waals surface area (Å²) in [5.74, 6) is 0.755. The van der Waals surface area contributed by atoms with Gasteiger partial charge < -0.3 is 5.32 Å². The first-order valence-electron chi connectivity index (χ1n) is 6.99. The third-order valence-corrected chi connectivity index (χ3v) is 3.72. The molecule has 0 bridgehead atoms. The Morgan fingerprint density at radius 2 is 2.26 bits per heavy atom. The van der Waals surface area contributed by atoms with E-state index in [-0.39, 0.29) is 0 Å². The third-order valence-electron chi connectivity index (χ3n) is 3.72. The van der Waals surface area contributed by atoms with Crippen molar-refractivity contribution in [3.8, 4) is 11.4 Å². The maximum absolute atomic E-state index is 4.42. The Bertz CT molecular complexity index is 541. The summed E-state index contributed by atoms with van der Waals surface area (Å²) in [6.45, 7) is 4.32. The highest BCUT2D eigenvalue weighted by Crippen LogP contribution is 2.20. The number of hydrogen-bond acceptors (Lipinski definition) is 3. The third kappa shape index (κ3) is 3.01. The van der Waals surface area contributed by atoms with Crippen LogP contribution in [0, 0.1) is 12.8 Å². The molecule has 0 radical (unpaired) electrons. The van der Waals surface area contributed by atoms with Gasteiger partial charge in [-0.3, -0.25) is 10.1 Å². The van der Waals surface area contributed by atoms with Gasteiger partial charge in [0.15, 0.2) is 0 Å². The number of hydrogen-bond donors (Lipinski definition) is 2. The molecular formula is C15H20N4. The van der Waals surface area contributed by atoms with E-state index in [1.807, 2.05) is 19.2 Å². The lowest BCUT2D eigenvalue weighted by Crippen LogP contribution is -2.30. The van der Waals surface area contributed by atoms with Gasteiger partial charge in [-0.25, -0.2) is 0 Å². The predicted octanol–water partition coefficient (Wildman–Crippen LogP) is 2.32. The summed E-state index contributed by atoms with van der Waals surface area (Å²) >= 11 is 0. The summed E-state index contributed by atoms with van der Waals surface area (Å²) in [5, 5.41) is 10.7. The molecule has 0 aliphatic carbocycles. The molecule has 3 heterocycles. The predicted molar refractivity (Wildman–Crippen MR) is 75.9 cm³/mol. The van der Waals surface area contributed by atoms with E-state index in [1.54, 1.807) is 0 Å². The zero-order valence-electron chi connectivity index (χ0n) is 11.3. The van der Waals surface area contributed by atoms with Crippen molar-refractivity contribution in [1.82, 2.24) is 20.5 Å². The van der Waals surface area contributed by atoms with Crippen molar-refractivity contribution in [3.63, 3.8) is 0 Å². The lowest BCUT2D eigenvalue weighted by Gasteiger charge is -2.22. The highest BCUT2D eigenvalue weighted by molar-refractivity contribution is 5.54. The van der Waals surface area contributed by atoms with E-state index in [9.17, 15) is 0 Å². The lowest BCUT2D eigenvalue weighted by atomic mass is 9.92. The molecule has 3 rings (SSSR count). The zero-order valence-corrected chi connectivity index (χ0v) is 11.3. The molecule has 1 aliphatic rings. The van der Waals surface area contributed by atoms with Gasteiger partial charge in [-0.15, -0.1) is 0 Å². The number of nitrogens with one attached hydrogen (secondary N) is 2. The molecule has 2 aromatic rings. The fourth-order valence-electron chi connectivity index (χ4n) is 2.72. The molecule has 0 aromatic carbocycles. The van der Waals surface area contributed by atoms with Crippen LogP contribution >= 0.6 is 0 Å². The van der Waals surface area contributed by atoms with Crippen LogP contribution in [0.5, 0.6) is 0 Å². The first-order valence-corrected chi connectivity index (χ1v) is 6.99. The first-order chi connectivity index (χ1) is 9.31. The molecule has 1 saturated heterocycles. The molecule has 0 saturated carbocycles. The second-order valence-electron chi connectivity index (χ2n) is 5.40. The maximum Gasteiger partial charge on any atom is 0.111 e. The number of H-pyrrole nitrogens is 1. The van der Waals surface area contributed by atoms with Crippen LogP contribution in [0.1, 0.15) is 24.1 Å². The van der Waals surface area contributed by atoms with Crippen LogP contribution in [-0.2, 0) is 6.42 Å². The van der Waals surface area contributed by atoms with Gasteiger partial charge in [0.05, 0.1) is 5.69 Å². The molecule has 19 heavy (non-hydrogen) atoms. The van der Waals surface area contributed by atoms with Gasteiger partial charge in [-0.05, 0) is 69.0 Å². The monoisotopic (exact) mass is 256 g/mol. The number of aromatic nitrogens is 3. The maximum atomic E-state index is 4.42. The molecular weight excluding hydrogens is 236 g/mol. The minimum Gasteiger partial charge on any atom is -0.316 e. The van der Waals surface area contributed by atoms with Crippen LogP contribution in [0.4, 0.5) is 0 Å². The number of pyridine rings is 1. The second-order valence-corrected chi connectivity index (χ2v) is 5.40. The minimum absolute atomic E-state index is 0.755. The molecule has 1 atom stereocenters. The number of piperidine rings is 1. The summed E-state index contributed by atoms with van der Waals surface area (Å²) in [4.78, 5) is 4.42. The number of nitrogens with zero attached hydrogens (tertiary/aromatic N) is 2. The lowest BCUT2D eigenvalue weighted by molar-refractivity contribution is 0.376. The van der Waals surface area contributed by atoms with Crippen molar-refractivity contribution in [2.24, 2.45) is 5.92 Å². The van der Waals surface area contributed by atoms with E-state index >= 15 is 0 Å². The van der Waals surface area contributed by atoms with Crippen LogP contribution in [0.15, 0.2) is 24.4 Å². The Hall–Kier alpha value is -1.68.